The molecule has 0 saturated carbocycles. The second kappa shape index (κ2) is 5.96. The van der Waals surface area contributed by atoms with Crippen molar-refractivity contribution in [3.8, 4) is 0 Å². The van der Waals surface area contributed by atoms with Crippen LogP contribution in [0.1, 0.15) is 13.8 Å². The van der Waals surface area contributed by atoms with Crippen LogP contribution in [0.15, 0.2) is 50.2 Å². The summed E-state index contributed by atoms with van der Waals surface area (Å²) in [6, 6.07) is 7.68. The number of rotatable bonds is 2. The molecule has 2 atom stereocenters. The van der Waals surface area contributed by atoms with Crippen LogP contribution in [0.2, 0.25) is 0 Å². The fourth-order valence-corrected chi connectivity index (χ4v) is 3.97. The van der Waals surface area contributed by atoms with Crippen molar-refractivity contribution in [3.63, 3.8) is 0 Å². The number of benzene rings is 1. The summed E-state index contributed by atoms with van der Waals surface area (Å²) in [7, 11) is -3.98. The van der Waals surface area contributed by atoms with Gasteiger partial charge in [0.15, 0.2) is 5.78 Å². The first kappa shape index (κ1) is 17.5. The molecule has 2 rings (SSSR count). The van der Waals surface area contributed by atoms with Crippen LogP contribution in [0, 0.1) is 0 Å². The number of carbonyl (C=O) groups is 1. The van der Waals surface area contributed by atoms with Crippen LogP contribution in [-0.4, -0.2) is 30.2 Å². The monoisotopic (exact) mass is 379 g/mol. The van der Waals surface area contributed by atoms with Gasteiger partial charge in [-0.05, 0) is 31.6 Å². The normalized spacial score (nSPS) is 28.3. The zero-order valence-electron chi connectivity index (χ0n) is 11.7. The van der Waals surface area contributed by atoms with Gasteiger partial charge in [-0.2, -0.15) is 12.8 Å². The third-order valence-electron chi connectivity index (χ3n) is 3.33. The maximum absolute atomic E-state index is 12.4. The zero-order chi connectivity index (χ0) is 16.7. The lowest BCUT2D eigenvalue weighted by atomic mass is 9.87. The van der Waals surface area contributed by atoms with Gasteiger partial charge in [0.2, 0.25) is 0 Å². The van der Waals surface area contributed by atoms with Gasteiger partial charge < -0.3 is 0 Å². The second-order valence-corrected chi connectivity index (χ2v) is 8.17. The molecule has 0 radical (unpaired) electrons. The predicted octanol–water partition coefficient (Wildman–Crippen LogP) is 3.52. The van der Waals surface area contributed by atoms with Crippen molar-refractivity contribution >= 4 is 56.3 Å². The van der Waals surface area contributed by atoms with E-state index in [0.29, 0.717) is 0 Å². The number of allylic oxidation sites excluding steroid dienone is 2. The van der Waals surface area contributed by atoms with Crippen molar-refractivity contribution in [1.29, 1.82) is 0 Å². The Morgan fingerprint density at radius 1 is 1.23 bits per heavy atom. The first-order valence-corrected chi connectivity index (χ1v) is 8.86. The fraction of sp³-hybridized carbons (Fsp3) is 0.286. The topological polar surface area (TPSA) is 63.6 Å². The molecule has 1 aliphatic carbocycles. The molecule has 1 aromatic rings. The van der Waals surface area contributed by atoms with E-state index in [1.54, 1.807) is 18.2 Å². The van der Waals surface area contributed by atoms with Crippen molar-refractivity contribution in [1.82, 2.24) is 0 Å². The zero-order valence-corrected chi connectivity index (χ0v) is 14.8. The third-order valence-corrected chi connectivity index (χ3v) is 6.24. The number of hydrogen-bond acceptors (Lipinski definition) is 3. The molecule has 0 heterocycles. The molecule has 0 bridgehead atoms. The lowest BCUT2D eigenvalue weighted by Crippen LogP contribution is -2.48. The molecular weight excluding hydrogens is 369 g/mol. The molecule has 0 unspecified atom stereocenters. The number of hydrogen-bond donors (Lipinski definition) is 0. The van der Waals surface area contributed by atoms with Crippen LogP contribution in [0.5, 0.6) is 0 Å². The van der Waals surface area contributed by atoms with Crippen molar-refractivity contribution in [2.75, 3.05) is 0 Å². The summed E-state index contributed by atoms with van der Waals surface area (Å²) in [6.45, 7) is 2.87. The fourth-order valence-electron chi connectivity index (χ4n) is 1.95. The Bertz CT molecular complexity index is 783. The molecule has 0 saturated heterocycles. The van der Waals surface area contributed by atoms with Crippen LogP contribution in [0.3, 0.4) is 0 Å². The van der Waals surface area contributed by atoms with Gasteiger partial charge >= 0.3 is 0 Å². The van der Waals surface area contributed by atoms with E-state index in [1.807, 2.05) is 0 Å². The minimum absolute atomic E-state index is 0.0171. The highest BCUT2D eigenvalue weighted by atomic mass is 35.5. The van der Waals surface area contributed by atoms with Crippen molar-refractivity contribution in [3.05, 3.63) is 40.9 Å². The molecule has 1 aromatic carbocycles. The maximum atomic E-state index is 12.4. The molecule has 118 valence electrons. The Hall–Kier alpha value is -0.880. The smallest absolute Gasteiger partial charge is 0.282 e. The first-order chi connectivity index (χ1) is 10.1. The molecule has 0 amide bonds. The van der Waals surface area contributed by atoms with Crippen LogP contribution in [0.25, 0.3) is 0 Å². The van der Waals surface area contributed by atoms with Crippen LogP contribution < -0.4 is 0 Å². The molecule has 0 aromatic heterocycles. The van der Waals surface area contributed by atoms with E-state index in [0.717, 1.165) is 0 Å². The number of sulfonamides is 1. The lowest BCUT2D eigenvalue weighted by Gasteiger charge is -2.32. The molecule has 22 heavy (non-hydrogen) atoms. The molecule has 4 nitrogen and oxygen atoms in total. The molecular formula is C14H12Cl3NO3S. The van der Waals surface area contributed by atoms with Gasteiger partial charge in [0.25, 0.3) is 10.0 Å². The Morgan fingerprint density at radius 2 is 1.77 bits per heavy atom. The number of nitrogens with zero attached hydrogens (tertiary/aromatic N) is 1. The SMILES string of the molecule is CC1=C(Cl)C(=O)[C@@](C)(Cl)[C@@H](Cl)C1=NS(=O)(=O)c1ccccc1. The Balaban J connectivity index is 2.63. The van der Waals surface area contributed by atoms with Crippen LogP contribution in [0.4, 0.5) is 0 Å². The highest BCUT2D eigenvalue weighted by Crippen LogP contribution is 2.38. The van der Waals surface area contributed by atoms with Crippen LogP contribution >= 0.6 is 34.8 Å². The highest BCUT2D eigenvalue weighted by Gasteiger charge is 2.48. The predicted molar refractivity (Wildman–Crippen MR) is 88.5 cm³/mol. The van der Waals surface area contributed by atoms with Crippen molar-refractivity contribution < 1.29 is 13.2 Å². The van der Waals surface area contributed by atoms with Crippen molar-refractivity contribution in [2.24, 2.45) is 4.40 Å². The number of ketones is 1. The maximum Gasteiger partial charge on any atom is 0.282 e. The van der Waals surface area contributed by atoms with E-state index < -0.39 is 26.1 Å². The average Bonchev–Trinajstić information content (AvgIpc) is 2.49. The van der Waals surface area contributed by atoms with Crippen LogP contribution in [-0.2, 0) is 14.8 Å². The van der Waals surface area contributed by atoms with E-state index in [2.05, 4.69) is 4.40 Å². The summed E-state index contributed by atoms with van der Waals surface area (Å²) < 4.78 is 28.5. The minimum Gasteiger partial charge on any atom is -0.291 e. The number of alkyl halides is 2. The molecule has 0 N–H and O–H groups in total. The van der Waals surface area contributed by atoms with E-state index in [-0.39, 0.29) is 21.2 Å². The summed E-state index contributed by atoms with van der Waals surface area (Å²) in [4.78, 5) is 10.5. The Labute approximate surface area is 143 Å². The number of halogens is 3. The molecule has 8 heteroatoms. The summed E-state index contributed by atoms with van der Waals surface area (Å²) in [5, 5.41) is -1.26. The summed E-state index contributed by atoms with van der Waals surface area (Å²) in [6.07, 6.45) is 0. The van der Waals surface area contributed by atoms with Gasteiger partial charge in [-0.25, -0.2) is 0 Å². The van der Waals surface area contributed by atoms with Crippen molar-refractivity contribution in [2.45, 2.75) is 29.0 Å². The average molecular weight is 381 g/mol. The van der Waals surface area contributed by atoms with Gasteiger partial charge in [0.05, 0.1) is 15.6 Å². The van der Waals surface area contributed by atoms with Gasteiger partial charge in [-0.3, -0.25) is 4.79 Å². The van der Waals surface area contributed by atoms with E-state index in [4.69, 9.17) is 34.8 Å². The Kier molecular flexibility index (Phi) is 4.74. The van der Waals surface area contributed by atoms with E-state index >= 15 is 0 Å². The quantitative estimate of drug-likeness (QED) is 0.737. The summed E-state index contributed by atoms with van der Waals surface area (Å²) >= 11 is 18.3. The van der Waals surface area contributed by atoms with E-state index in [9.17, 15) is 13.2 Å². The third kappa shape index (κ3) is 2.95. The number of Topliss-reactive ketones (excluding diaryl/α,β-unsaturated/α-hetero) is 1. The minimum atomic E-state index is -3.98. The van der Waals surface area contributed by atoms with E-state index in [1.165, 1.54) is 26.0 Å². The molecule has 1 aliphatic rings. The van der Waals surface area contributed by atoms with Gasteiger partial charge in [-0.15, -0.1) is 23.2 Å². The standard InChI is InChI=1S/C14H12Cl3NO3S/c1-8-10(15)13(19)14(2,17)12(16)11(8)18-22(20,21)9-6-4-3-5-7-9/h3-7,12H,1-2H3/t12-,14-/m0/s1. The summed E-state index contributed by atoms with van der Waals surface area (Å²) in [5.41, 5.74) is 0.192. The Morgan fingerprint density at radius 3 is 2.32 bits per heavy atom. The largest absolute Gasteiger partial charge is 0.291 e. The van der Waals surface area contributed by atoms with Gasteiger partial charge in [-0.1, -0.05) is 29.8 Å². The van der Waals surface area contributed by atoms with Gasteiger partial charge in [0, 0.05) is 0 Å². The highest BCUT2D eigenvalue weighted by molar-refractivity contribution is 7.90. The first-order valence-electron chi connectivity index (χ1n) is 6.23. The van der Waals surface area contributed by atoms with Gasteiger partial charge in [0.1, 0.15) is 10.3 Å². The summed E-state index contributed by atoms with van der Waals surface area (Å²) in [5.74, 6) is -0.551. The second-order valence-electron chi connectivity index (χ2n) is 4.97. The molecule has 0 aliphatic heterocycles. The lowest BCUT2D eigenvalue weighted by molar-refractivity contribution is -0.117. The number of carbonyl (C=O) groups excluding carboxylic acids is 1. The molecule has 0 spiro atoms. The molecule has 0 fully saturated rings.